The topological polar surface area (TPSA) is 75.6 Å². The van der Waals surface area contributed by atoms with Crippen molar-refractivity contribution in [2.75, 3.05) is 32.8 Å². The van der Waals surface area contributed by atoms with Gasteiger partial charge in [-0.2, -0.15) is 8.75 Å². The van der Waals surface area contributed by atoms with Crippen LogP contribution in [0.5, 0.6) is 0 Å². The number of carbonyl (C=O) groups is 2. The Morgan fingerprint density at radius 3 is 2.72 bits per heavy atom. The molecule has 0 spiro atoms. The Labute approximate surface area is 149 Å². The number of hydrogen-bond donors (Lipinski definition) is 0. The normalized spacial score (nSPS) is 24.0. The van der Waals surface area contributed by atoms with Gasteiger partial charge in [-0.25, -0.2) is 0 Å². The highest BCUT2D eigenvalue weighted by Crippen LogP contribution is 2.33. The average Bonchev–Trinajstić information content (AvgIpc) is 3.27. The Morgan fingerprint density at radius 2 is 1.92 bits per heavy atom. The second-order valence-corrected chi connectivity index (χ2v) is 7.23. The van der Waals surface area contributed by atoms with Crippen molar-refractivity contribution in [2.24, 2.45) is 0 Å². The van der Waals surface area contributed by atoms with Crippen LogP contribution >= 0.6 is 11.7 Å². The Kier molecular flexibility index (Phi) is 4.16. The van der Waals surface area contributed by atoms with Crippen molar-refractivity contribution in [1.82, 2.24) is 18.5 Å². The van der Waals surface area contributed by atoms with Gasteiger partial charge in [0.1, 0.15) is 16.6 Å². The number of likely N-dealkylation sites (tertiary alicyclic amines) is 1. The maximum atomic E-state index is 13.1. The highest BCUT2D eigenvalue weighted by molar-refractivity contribution is 7.00. The van der Waals surface area contributed by atoms with Gasteiger partial charge in [0.15, 0.2) is 0 Å². The summed E-state index contributed by atoms with van der Waals surface area (Å²) >= 11 is 1.13. The van der Waals surface area contributed by atoms with Crippen LogP contribution in [-0.2, 0) is 9.53 Å². The number of fused-ring (bicyclic) bond motifs is 1. The Bertz CT molecular complexity index is 817. The molecule has 2 aliphatic rings. The van der Waals surface area contributed by atoms with E-state index in [4.69, 9.17) is 4.74 Å². The van der Waals surface area contributed by atoms with Crippen LogP contribution in [0.15, 0.2) is 18.2 Å². The predicted molar refractivity (Wildman–Crippen MR) is 93.5 cm³/mol. The van der Waals surface area contributed by atoms with Gasteiger partial charge < -0.3 is 14.5 Å². The monoisotopic (exact) mass is 360 g/mol. The van der Waals surface area contributed by atoms with Gasteiger partial charge in [0.25, 0.3) is 5.91 Å². The standard InChI is InChI=1S/C17H20N4O3S/c1-17(16(23)20-7-9-24-10-8-20)5-2-6-21(17)15(22)12-3-4-13-14(11-12)19-25-18-13/h3-4,11H,2,5-10H2,1H3. The lowest BCUT2D eigenvalue weighted by molar-refractivity contribution is -0.144. The number of ether oxygens (including phenoxy) is 1. The van der Waals surface area contributed by atoms with E-state index in [1.54, 1.807) is 17.0 Å². The minimum atomic E-state index is -0.788. The van der Waals surface area contributed by atoms with E-state index in [-0.39, 0.29) is 11.8 Å². The largest absolute Gasteiger partial charge is 0.378 e. The fraction of sp³-hybridized carbons (Fsp3) is 0.529. The van der Waals surface area contributed by atoms with Crippen LogP contribution < -0.4 is 0 Å². The second kappa shape index (κ2) is 6.34. The first kappa shape index (κ1) is 16.4. The van der Waals surface area contributed by atoms with Gasteiger partial charge in [0, 0.05) is 25.2 Å². The maximum absolute atomic E-state index is 13.1. The molecular formula is C17H20N4O3S. The van der Waals surface area contributed by atoms with Crippen molar-refractivity contribution in [3.05, 3.63) is 23.8 Å². The van der Waals surface area contributed by atoms with Gasteiger partial charge in [-0.3, -0.25) is 9.59 Å². The summed E-state index contributed by atoms with van der Waals surface area (Å²) in [5.74, 6) is -0.0884. The molecule has 0 saturated carbocycles. The van der Waals surface area contributed by atoms with E-state index in [9.17, 15) is 9.59 Å². The molecule has 7 nitrogen and oxygen atoms in total. The molecule has 4 rings (SSSR count). The molecule has 0 bridgehead atoms. The molecule has 2 amide bonds. The SMILES string of the molecule is CC1(C(=O)N2CCOCC2)CCCN1C(=O)c1ccc2nsnc2c1. The van der Waals surface area contributed by atoms with Crippen LogP contribution in [0.1, 0.15) is 30.1 Å². The predicted octanol–water partition coefficient (Wildman–Crippen LogP) is 1.54. The first-order chi connectivity index (χ1) is 12.1. The fourth-order valence-corrected chi connectivity index (χ4v) is 4.21. The molecule has 1 unspecified atom stereocenters. The third-order valence-corrected chi connectivity index (χ3v) is 5.70. The lowest BCUT2D eigenvalue weighted by Gasteiger charge is -2.39. The van der Waals surface area contributed by atoms with Gasteiger partial charge in [-0.15, -0.1) is 0 Å². The smallest absolute Gasteiger partial charge is 0.254 e. The highest BCUT2D eigenvalue weighted by atomic mass is 32.1. The molecule has 2 aromatic rings. The fourth-order valence-electron chi connectivity index (χ4n) is 3.69. The zero-order valence-electron chi connectivity index (χ0n) is 14.1. The first-order valence-corrected chi connectivity index (χ1v) is 9.24. The van der Waals surface area contributed by atoms with E-state index < -0.39 is 5.54 Å². The van der Waals surface area contributed by atoms with Gasteiger partial charge >= 0.3 is 0 Å². The van der Waals surface area contributed by atoms with E-state index in [0.29, 0.717) is 44.8 Å². The van der Waals surface area contributed by atoms with Crippen molar-refractivity contribution in [1.29, 1.82) is 0 Å². The maximum Gasteiger partial charge on any atom is 0.254 e. The summed E-state index contributed by atoms with van der Waals surface area (Å²) in [7, 11) is 0. The molecule has 2 saturated heterocycles. The Morgan fingerprint density at radius 1 is 1.16 bits per heavy atom. The number of nitrogens with zero attached hydrogens (tertiary/aromatic N) is 4. The number of aromatic nitrogens is 2. The third-order valence-electron chi connectivity index (χ3n) is 5.15. The molecule has 1 atom stereocenters. The molecule has 132 valence electrons. The summed E-state index contributed by atoms with van der Waals surface area (Å²) in [6.45, 7) is 4.78. The van der Waals surface area contributed by atoms with Crippen LogP contribution in [0.4, 0.5) is 0 Å². The number of amides is 2. The third kappa shape index (κ3) is 2.79. The Hall–Kier alpha value is -2.06. The van der Waals surface area contributed by atoms with Crippen LogP contribution in [-0.4, -0.2) is 68.7 Å². The van der Waals surface area contributed by atoms with E-state index in [1.165, 1.54) is 0 Å². The van der Waals surface area contributed by atoms with Gasteiger partial charge in [0.2, 0.25) is 5.91 Å². The molecule has 25 heavy (non-hydrogen) atoms. The molecular weight excluding hydrogens is 340 g/mol. The lowest BCUT2D eigenvalue weighted by Crippen LogP contribution is -2.58. The summed E-state index contributed by atoms with van der Waals surface area (Å²) in [5, 5.41) is 0. The minimum Gasteiger partial charge on any atom is -0.378 e. The molecule has 3 heterocycles. The molecule has 8 heteroatoms. The van der Waals surface area contributed by atoms with Crippen LogP contribution in [0, 0.1) is 0 Å². The summed E-state index contributed by atoms with van der Waals surface area (Å²) in [6, 6.07) is 5.34. The van der Waals surface area contributed by atoms with Crippen LogP contribution in [0.25, 0.3) is 11.0 Å². The average molecular weight is 360 g/mol. The molecule has 1 aromatic carbocycles. The number of rotatable bonds is 2. The van der Waals surface area contributed by atoms with Crippen molar-refractivity contribution < 1.29 is 14.3 Å². The van der Waals surface area contributed by atoms with Gasteiger partial charge in [0.05, 0.1) is 24.9 Å². The van der Waals surface area contributed by atoms with Crippen molar-refractivity contribution in [3.63, 3.8) is 0 Å². The van der Waals surface area contributed by atoms with Crippen LogP contribution in [0.3, 0.4) is 0 Å². The minimum absolute atomic E-state index is 0.0260. The summed E-state index contributed by atoms with van der Waals surface area (Å²) in [4.78, 5) is 29.7. The zero-order chi connectivity index (χ0) is 17.4. The van der Waals surface area contributed by atoms with Crippen molar-refractivity contribution >= 4 is 34.6 Å². The van der Waals surface area contributed by atoms with E-state index in [0.717, 1.165) is 29.2 Å². The number of carbonyl (C=O) groups excluding carboxylic acids is 2. The van der Waals surface area contributed by atoms with E-state index in [1.807, 2.05) is 17.9 Å². The molecule has 1 aromatic heterocycles. The second-order valence-electron chi connectivity index (χ2n) is 6.71. The Balaban J connectivity index is 1.61. The van der Waals surface area contributed by atoms with Crippen molar-refractivity contribution in [2.45, 2.75) is 25.3 Å². The molecule has 0 N–H and O–H groups in total. The molecule has 0 radical (unpaired) electrons. The molecule has 2 fully saturated rings. The summed E-state index contributed by atoms with van der Waals surface area (Å²) < 4.78 is 13.7. The van der Waals surface area contributed by atoms with E-state index >= 15 is 0 Å². The summed E-state index contributed by atoms with van der Waals surface area (Å²) in [5.41, 5.74) is 1.28. The highest BCUT2D eigenvalue weighted by Gasteiger charge is 2.47. The van der Waals surface area contributed by atoms with E-state index in [2.05, 4.69) is 8.75 Å². The van der Waals surface area contributed by atoms with Crippen molar-refractivity contribution in [3.8, 4) is 0 Å². The molecule has 0 aliphatic carbocycles. The molecule has 2 aliphatic heterocycles. The van der Waals surface area contributed by atoms with Crippen LogP contribution in [0.2, 0.25) is 0 Å². The number of benzene rings is 1. The zero-order valence-corrected chi connectivity index (χ0v) is 14.9. The summed E-state index contributed by atoms with van der Waals surface area (Å²) in [6.07, 6.45) is 1.52. The van der Waals surface area contributed by atoms with Gasteiger partial charge in [-0.05, 0) is 38.0 Å². The number of hydrogen-bond acceptors (Lipinski definition) is 6. The van der Waals surface area contributed by atoms with Gasteiger partial charge in [-0.1, -0.05) is 0 Å². The quantitative estimate of drug-likeness (QED) is 0.812. The first-order valence-electron chi connectivity index (χ1n) is 8.51. The lowest BCUT2D eigenvalue weighted by atomic mass is 9.95. The number of morpholine rings is 1.